The highest BCUT2D eigenvalue weighted by atomic mass is 32.2. The van der Waals surface area contributed by atoms with Crippen molar-refractivity contribution < 1.29 is 13.2 Å². The summed E-state index contributed by atoms with van der Waals surface area (Å²) in [6, 6.07) is 0. The number of aromatic nitrogens is 2. The van der Waals surface area contributed by atoms with Crippen LogP contribution in [-0.2, 0) is 10.0 Å². The SMILES string of the molecule is CC(C)c1[nH]nc(C(=O)NCCC2CC2)c1S(N)(=O)=O. The largest absolute Gasteiger partial charge is 0.351 e. The van der Waals surface area contributed by atoms with Gasteiger partial charge < -0.3 is 5.32 Å². The molecule has 1 saturated carbocycles. The van der Waals surface area contributed by atoms with Gasteiger partial charge in [-0.1, -0.05) is 26.7 Å². The molecule has 1 aliphatic rings. The molecule has 1 aromatic rings. The molecule has 0 bridgehead atoms. The van der Waals surface area contributed by atoms with Gasteiger partial charge in [0.05, 0.1) is 5.69 Å². The van der Waals surface area contributed by atoms with Crippen LogP contribution in [0.2, 0.25) is 0 Å². The number of sulfonamides is 1. The summed E-state index contributed by atoms with van der Waals surface area (Å²) in [5.74, 6) is 0.0695. The Labute approximate surface area is 118 Å². The fourth-order valence-corrected chi connectivity index (χ4v) is 3.05. The molecule has 0 aromatic carbocycles. The Balaban J connectivity index is 2.19. The maximum atomic E-state index is 12.0. The predicted molar refractivity (Wildman–Crippen MR) is 73.7 cm³/mol. The number of nitrogens with zero attached hydrogens (tertiary/aromatic N) is 1. The summed E-state index contributed by atoms with van der Waals surface area (Å²) in [6.07, 6.45) is 3.33. The van der Waals surface area contributed by atoms with E-state index in [4.69, 9.17) is 5.14 Å². The Kier molecular flexibility index (Phi) is 4.14. The van der Waals surface area contributed by atoms with Crippen molar-refractivity contribution in [1.29, 1.82) is 0 Å². The first kappa shape index (κ1) is 15.0. The molecule has 0 aliphatic heterocycles. The molecule has 1 heterocycles. The minimum absolute atomic E-state index is 0.121. The quantitative estimate of drug-likeness (QED) is 0.717. The Morgan fingerprint density at radius 2 is 2.15 bits per heavy atom. The molecular formula is C12H20N4O3S. The molecule has 2 rings (SSSR count). The lowest BCUT2D eigenvalue weighted by molar-refractivity contribution is 0.0944. The zero-order valence-electron chi connectivity index (χ0n) is 11.6. The molecule has 8 heteroatoms. The number of primary sulfonamides is 1. The highest BCUT2D eigenvalue weighted by Crippen LogP contribution is 2.31. The molecule has 0 unspecified atom stereocenters. The summed E-state index contributed by atoms with van der Waals surface area (Å²) in [6.45, 7) is 4.13. The normalized spacial score (nSPS) is 15.6. The molecule has 0 spiro atoms. The number of hydrogen-bond acceptors (Lipinski definition) is 4. The topological polar surface area (TPSA) is 118 Å². The third-order valence-corrected chi connectivity index (χ3v) is 4.34. The predicted octanol–water partition coefficient (Wildman–Crippen LogP) is 0.710. The number of nitrogens with two attached hydrogens (primary N) is 1. The summed E-state index contributed by atoms with van der Waals surface area (Å²) >= 11 is 0. The van der Waals surface area contributed by atoms with E-state index in [1.54, 1.807) is 13.8 Å². The Bertz CT molecular complexity index is 602. The number of nitrogens with one attached hydrogen (secondary N) is 2. The van der Waals surface area contributed by atoms with E-state index in [1.165, 1.54) is 12.8 Å². The molecule has 112 valence electrons. The highest BCUT2D eigenvalue weighted by molar-refractivity contribution is 7.89. The van der Waals surface area contributed by atoms with E-state index >= 15 is 0 Å². The molecule has 1 aromatic heterocycles. The highest BCUT2D eigenvalue weighted by Gasteiger charge is 2.29. The molecule has 0 atom stereocenters. The van der Waals surface area contributed by atoms with Crippen LogP contribution in [0.5, 0.6) is 0 Å². The van der Waals surface area contributed by atoms with Crippen molar-refractivity contribution >= 4 is 15.9 Å². The fraction of sp³-hybridized carbons (Fsp3) is 0.667. The van der Waals surface area contributed by atoms with Gasteiger partial charge in [-0.15, -0.1) is 0 Å². The van der Waals surface area contributed by atoms with Gasteiger partial charge in [0.15, 0.2) is 5.69 Å². The smallest absolute Gasteiger partial charge is 0.273 e. The molecule has 1 amide bonds. The number of amides is 1. The van der Waals surface area contributed by atoms with E-state index in [0.29, 0.717) is 18.2 Å². The number of hydrogen-bond donors (Lipinski definition) is 3. The van der Waals surface area contributed by atoms with Crippen molar-refractivity contribution in [2.24, 2.45) is 11.1 Å². The third kappa shape index (κ3) is 3.37. The van der Waals surface area contributed by atoms with Crippen LogP contribution < -0.4 is 10.5 Å². The van der Waals surface area contributed by atoms with Crippen LogP contribution in [0.3, 0.4) is 0 Å². The van der Waals surface area contributed by atoms with Gasteiger partial charge in [-0.2, -0.15) is 5.10 Å². The lowest BCUT2D eigenvalue weighted by atomic mass is 10.1. The maximum Gasteiger partial charge on any atom is 0.273 e. The summed E-state index contributed by atoms with van der Waals surface area (Å²) in [5, 5.41) is 14.3. The standard InChI is InChI=1S/C12H20N4O3S/c1-7(2)9-11(20(13,18)19)10(16-15-9)12(17)14-6-5-8-3-4-8/h7-8H,3-6H2,1-2H3,(H,14,17)(H,15,16)(H2,13,18,19). The second-order valence-electron chi connectivity index (χ2n) is 5.50. The van der Waals surface area contributed by atoms with Crippen molar-refractivity contribution in [1.82, 2.24) is 15.5 Å². The fourth-order valence-electron chi connectivity index (χ4n) is 2.06. The first-order valence-corrected chi connectivity index (χ1v) is 8.24. The first-order valence-electron chi connectivity index (χ1n) is 6.70. The number of H-pyrrole nitrogens is 1. The summed E-state index contributed by atoms with van der Waals surface area (Å²) in [5.41, 5.74) is 0.215. The molecule has 0 radical (unpaired) electrons. The van der Waals surface area contributed by atoms with Crippen molar-refractivity contribution in [3.05, 3.63) is 11.4 Å². The van der Waals surface area contributed by atoms with Crippen LogP contribution in [0.4, 0.5) is 0 Å². The Morgan fingerprint density at radius 1 is 1.50 bits per heavy atom. The van der Waals surface area contributed by atoms with E-state index in [1.807, 2.05) is 0 Å². The first-order chi connectivity index (χ1) is 9.30. The Morgan fingerprint density at radius 3 is 2.65 bits per heavy atom. The minimum atomic E-state index is -3.99. The van der Waals surface area contributed by atoms with Crippen LogP contribution in [0.15, 0.2) is 4.90 Å². The molecule has 1 fully saturated rings. The average molecular weight is 300 g/mol. The second-order valence-corrected chi connectivity index (χ2v) is 7.00. The van der Waals surface area contributed by atoms with Crippen LogP contribution in [0, 0.1) is 5.92 Å². The number of carbonyl (C=O) groups excluding carboxylic acids is 1. The monoisotopic (exact) mass is 300 g/mol. The third-order valence-electron chi connectivity index (χ3n) is 3.36. The van der Waals surface area contributed by atoms with Gasteiger partial charge >= 0.3 is 0 Å². The molecule has 20 heavy (non-hydrogen) atoms. The van der Waals surface area contributed by atoms with Crippen LogP contribution in [-0.4, -0.2) is 31.1 Å². The summed E-state index contributed by atoms with van der Waals surface area (Å²) < 4.78 is 23.3. The van der Waals surface area contributed by atoms with Crippen molar-refractivity contribution in [3.63, 3.8) is 0 Å². The lowest BCUT2D eigenvalue weighted by Crippen LogP contribution is -2.28. The maximum absolute atomic E-state index is 12.0. The Hall–Kier alpha value is -1.41. The average Bonchev–Trinajstić information content (AvgIpc) is 3.02. The van der Waals surface area contributed by atoms with E-state index in [2.05, 4.69) is 15.5 Å². The molecular weight excluding hydrogens is 280 g/mol. The van der Waals surface area contributed by atoms with Gasteiger partial charge in [0.25, 0.3) is 5.91 Å². The van der Waals surface area contributed by atoms with Gasteiger partial charge in [0, 0.05) is 6.54 Å². The van der Waals surface area contributed by atoms with E-state index in [0.717, 1.165) is 6.42 Å². The minimum Gasteiger partial charge on any atom is -0.351 e. The van der Waals surface area contributed by atoms with Gasteiger partial charge in [0.2, 0.25) is 10.0 Å². The molecule has 4 N–H and O–H groups in total. The zero-order chi connectivity index (χ0) is 14.9. The van der Waals surface area contributed by atoms with Gasteiger partial charge in [-0.25, -0.2) is 13.6 Å². The van der Waals surface area contributed by atoms with E-state index in [9.17, 15) is 13.2 Å². The van der Waals surface area contributed by atoms with E-state index in [-0.39, 0.29) is 16.5 Å². The van der Waals surface area contributed by atoms with Crippen LogP contribution >= 0.6 is 0 Å². The lowest BCUT2D eigenvalue weighted by Gasteiger charge is -2.06. The van der Waals surface area contributed by atoms with E-state index < -0.39 is 15.9 Å². The van der Waals surface area contributed by atoms with Gasteiger partial charge in [-0.3, -0.25) is 9.89 Å². The number of rotatable bonds is 6. The summed E-state index contributed by atoms with van der Waals surface area (Å²) in [7, 11) is -3.99. The van der Waals surface area contributed by atoms with Crippen molar-refractivity contribution in [2.45, 2.75) is 43.9 Å². The van der Waals surface area contributed by atoms with Gasteiger partial charge in [0.1, 0.15) is 4.90 Å². The molecule has 1 aliphatic carbocycles. The van der Waals surface area contributed by atoms with Gasteiger partial charge in [-0.05, 0) is 18.3 Å². The zero-order valence-corrected chi connectivity index (χ0v) is 12.5. The van der Waals surface area contributed by atoms with Crippen molar-refractivity contribution in [3.8, 4) is 0 Å². The second kappa shape index (κ2) is 5.53. The number of carbonyl (C=O) groups is 1. The molecule has 0 saturated heterocycles. The number of aromatic amines is 1. The summed E-state index contributed by atoms with van der Waals surface area (Å²) in [4.78, 5) is 11.8. The van der Waals surface area contributed by atoms with Crippen molar-refractivity contribution in [2.75, 3.05) is 6.54 Å². The van der Waals surface area contributed by atoms with Crippen LogP contribution in [0.25, 0.3) is 0 Å². The molecule has 7 nitrogen and oxygen atoms in total. The van der Waals surface area contributed by atoms with Crippen LogP contribution in [0.1, 0.15) is 55.2 Å².